The molecular formula is C23H18ClN3O4. The molecule has 31 heavy (non-hydrogen) atoms. The highest BCUT2D eigenvalue weighted by atomic mass is 35.5. The lowest BCUT2D eigenvalue weighted by molar-refractivity contribution is -0.127. The van der Waals surface area contributed by atoms with E-state index in [0.29, 0.717) is 22.2 Å². The fourth-order valence-corrected chi connectivity index (χ4v) is 3.26. The fraction of sp³-hybridized carbons (Fsp3) is 0.0870. The average molecular weight is 436 g/mol. The van der Waals surface area contributed by atoms with Crippen LogP contribution in [0.3, 0.4) is 0 Å². The first-order chi connectivity index (χ1) is 14.9. The van der Waals surface area contributed by atoms with E-state index in [0.717, 1.165) is 16.0 Å². The summed E-state index contributed by atoms with van der Waals surface area (Å²) < 4.78 is 5.74. The van der Waals surface area contributed by atoms with Gasteiger partial charge < -0.3 is 15.1 Å². The molecule has 4 amide bonds. The maximum absolute atomic E-state index is 12.6. The van der Waals surface area contributed by atoms with Gasteiger partial charge in [-0.2, -0.15) is 0 Å². The van der Waals surface area contributed by atoms with Crippen LogP contribution in [0, 0.1) is 6.92 Å². The number of carbonyl (C=O) groups is 3. The number of imide groups is 1. The Labute approximate surface area is 183 Å². The molecule has 1 aliphatic heterocycles. The van der Waals surface area contributed by atoms with Gasteiger partial charge in [0.2, 0.25) is 5.91 Å². The highest BCUT2D eigenvalue weighted by molar-refractivity contribution is 6.30. The van der Waals surface area contributed by atoms with Crippen molar-refractivity contribution in [3.05, 3.63) is 82.7 Å². The number of rotatable bonds is 5. The van der Waals surface area contributed by atoms with E-state index >= 15 is 0 Å². The largest absolute Gasteiger partial charge is 0.457 e. The van der Waals surface area contributed by atoms with Crippen LogP contribution >= 0.6 is 11.6 Å². The van der Waals surface area contributed by atoms with Crippen LogP contribution in [-0.2, 0) is 9.59 Å². The second kappa shape index (κ2) is 8.49. The standard InChI is InChI=1S/C23H18ClN3O4/c1-14-5-7-17(8-6-14)25-21(28)13-27-22(29)19(26-23(27)30)12-18-9-10-20(31-18)15-3-2-4-16(24)11-15/h2-12H,13H2,1H3,(H,25,28)(H,26,30)/b19-12+. The number of benzene rings is 2. The summed E-state index contributed by atoms with van der Waals surface area (Å²) in [4.78, 5) is 37.9. The minimum Gasteiger partial charge on any atom is -0.457 e. The minimum absolute atomic E-state index is 0.0279. The summed E-state index contributed by atoms with van der Waals surface area (Å²) in [5, 5.41) is 5.72. The summed E-state index contributed by atoms with van der Waals surface area (Å²) in [6.07, 6.45) is 1.42. The lowest BCUT2D eigenvalue weighted by atomic mass is 10.2. The molecule has 1 aliphatic rings. The van der Waals surface area contributed by atoms with E-state index in [4.69, 9.17) is 16.0 Å². The third kappa shape index (κ3) is 4.67. The van der Waals surface area contributed by atoms with Crippen LogP contribution in [0.5, 0.6) is 0 Å². The second-order valence-corrected chi connectivity index (χ2v) is 7.44. The molecule has 2 aromatic carbocycles. The van der Waals surface area contributed by atoms with Crippen LogP contribution in [0.2, 0.25) is 5.02 Å². The number of anilines is 1. The number of amides is 4. The second-order valence-electron chi connectivity index (χ2n) is 7.01. The molecule has 1 saturated heterocycles. The molecule has 0 saturated carbocycles. The van der Waals surface area contributed by atoms with Crippen molar-refractivity contribution in [2.75, 3.05) is 11.9 Å². The molecule has 4 rings (SSSR count). The first-order valence-corrected chi connectivity index (χ1v) is 9.84. The molecule has 0 spiro atoms. The van der Waals surface area contributed by atoms with Crippen LogP contribution in [0.1, 0.15) is 11.3 Å². The zero-order chi connectivity index (χ0) is 22.0. The summed E-state index contributed by atoms with van der Waals surface area (Å²) in [7, 11) is 0. The van der Waals surface area contributed by atoms with Gasteiger partial charge in [0.05, 0.1) is 0 Å². The van der Waals surface area contributed by atoms with Crippen LogP contribution in [-0.4, -0.2) is 29.3 Å². The van der Waals surface area contributed by atoms with Gasteiger partial charge in [-0.3, -0.25) is 9.59 Å². The third-order valence-electron chi connectivity index (χ3n) is 4.62. The molecule has 7 nitrogen and oxygen atoms in total. The number of halogens is 1. The summed E-state index contributed by atoms with van der Waals surface area (Å²) in [6, 6.07) is 17.1. The molecule has 156 valence electrons. The first kappa shape index (κ1) is 20.4. The maximum atomic E-state index is 12.6. The maximum Gasteiger partial charge on any atom is 0.329 e. The van der Waals surface area contributed by atoms with Crippen molar-refractivity contribution in [1.29, 1.82) is 0 Å². The molecule has 8 heteroatoms. The lowest BCUT2D eigenvalue weighted by Gasteiger charge is -2.12. The molecular weight excluding hydrogens is 418 g/mol. The van der Waals surface area contributed by atoms with E-state index in [-0.39, 0.29) is 5.70 Å². The van der Waals surface area contributed by atoms with Crippen LogP contribution < -0.4 is 10.6 Å². The van der Waals surface area contributed by atoms with Crippen molar-refractivity contribution in [3.8, 4) is 11.3 Å². The quantitative estimate of drug-likeness (QED) is 0.457. The van der Waals surface area contributed by atoms with Gasteiger partial charge in [0.15, 0.2) is 0 Å². The number of nitrogens with one attached hydrogen (secondary N) is 2. The number of aryl methyl sites for hydroxylation is 1. The molecule has 0 bridgehead atoms. The first-order valence-electron chi connectivity index (χ1n) is 9.46. The Bertz CT molecular complexity index is 1200. The monoisotopic (exact) mass is 435 g/mol. The van der Waals surface area contributed by atoms with Gasteiger partial charge in [-0.25, -0.2) is 9.69 Å². The van der Waals surface area contributed by atoms with E-state index in [1.165, 1.54) is 6.08 Å². The van der Waals surface area contributed by atoms with Crippen molar-refractivity contribution >= 4 is 41.2 Å². The molecule has 0 aliphatic carbocycles. The molecule has 2 N–H and O–H groups in total. The summed E-state index contributed by atoms with van der Waals surface area (Å²) in [6.45, 7) is 1.53. The molecule has 1 aromatic heterocycles. The highest BCUT2D eigenvalue weighted by Gasteiger charge is 2.35. The van der Waals surface area contributed by atoms with E-state index in [1.807, 2.05) is 25.1 Å². The number of nitrogens with zero attached hydrogens (tertiary/aromatic N) is 1. The Morgan fingerprint density at radius 3 is 2.65 bits per heavy atom. The van der Waals surface area contributed by atoms with Crippen molar-refractivity contribution < 1.29 is 18.8 Å². The van der Waals surface area contributed by atoms with Gasteiger partial charge >= 0.3 is 6.03 Å². The normalized spacial score (nSPS) is 14.8. The zero-order valence-electron chi connectivity index (χ0n) is 16.5. The predicted octanol–water partition coefficient (Wildman–Crippen LogP) is 4.44. The number of hydrogen-bond acceptors (Lipinski definition) is 4. The van der Waals surface area contributed by atoms with Gasteiger partial charge in [0.25, 0.3) is 5.91 Å². The fourth-order valence-electron chi connectivity index (χ4n) is 3.07. The van der Waals surface area contributed by atoms with Crippen molar-refractivity contribution in [2.45, 2.75) is 6.92 Å². The summed E-state index contributed by atoms with van der Waals surface area (Å²) >= 11 is 6.01. The van der Waals surface area contributed by atoms with Crippen molar-refractivity contribution in [2.24, 2.45) is 0 Å². The van der Waals surface area contributed by atoms with Gasteiger partial charge in [-0.15, -0.1) is 0 Å². The Morgan fingerprint density at radius 2 is 1.90 bits per heavy atom. The van der Waals surface area contributed by atoms with E-state index in [1.54, 1.807) is 42.5 Å². The molecule has 0 radical (unpaired) electrons. The van der Waals surface area contributed by atoms with Crippen LogP contribution in [0.4, 0.5) is 10.5 Å². The molecule has 1 fully saturated rings. The number of hydrogen-bond donors (Lipinski definition) is 2. The molecule has 3 aromatic rings. The zero-order valence-corrected chi connectivity index (χ0v) is 17.3. The number of furan rings is 1. The van der Waals surface area contributed by atoms with Gasteiger partial charge in [0, 0.05) is 22.3 Å². The predicted molar refractivity (Wildman–Crippen MR) is 117 cm³/mol. The van der Waals surface area contributed by atoms with E-state index in [9.17, 15) is 14.4 Å². The van der Waals surface area contributed by atoms with Gasteiger partial charge in [0.1, 0.15) is 23.8 Å². The Hall–Kier alpha value is -3.84. The topological polar surface area (TPSA) is 91.7 Å². The Morgan fingerprint density at radius 1 is 1.13 bits per heavy atom. The third-order valence-corrected chi connectivity index (χ3v) is 4.86. The lowest BCUT2D eigenvalue weighted by Crippen LogP contribution is -2.38. The van der Waals surface area contributed by atoms with Crippen LogP contribution in [0.25, 0.3) is 17.4 Å². The van der Waals surface area contributed by atoms with Gasteiger partial charge in [-0.05, 0) is 43.3 Å². The van der Waals surface area contributed by atoms with E-state index < -0.39 is 24.4 Å². The van der Waals surface area contributed by atoms with Crippen LogP contribution in [0.15, 0.2) is 70.8 Å². The molecule has 0 atom stereocenters. The van der Waals surface area contributed by atoms with Gasteiger partial charge in [-0.1, -0.05) is 41.4 Å². The SMILES string of the molecule is Cc1ccc(NC(=O)CN2C(=O)N/C(=C/c3ccc(-c4cccc(Cl)c4)o3)C2=O)cc1. The molecule has 0 unspecified atom stereocenters. The van der Waals surface area contributed by atoms with Crippen molar-refractivity contribution in [1.82, 2.24) is 10.2 Å². The summed E-state index contributed by atoms with van der Waals surface area (Å²) in [5.74, 6) is -0.135. The average Bonchev–Trinajstić information content (AvgIpc) is 3.30. The highest BCUT2D eigenvalue weighted by Crippen LogP contribution is 2.26. The van der Waals surface area contributed by atoms with E-state index in [2.05, 4.69) is 10.6 Å². The minimum atomic E-state index is -0.670. The Balaban J connectivity index is 1.45. The summed E-state index contributed by atoms with van der Waals surface area (Å²) in [5.41, 5.74) is 2.45. The Kier molecular flexibility index (Phi) is 5.60. The van der Waals surface area contributed by atoms with Crippen molar-refractivity contribution in [3.63, 3.8) is 0 Å². The molecule has 2 heterocycles. The number of carbonyl (C=O) groups excluding carboxylic acids is 3. The number of urea groups is 1. The smallest absolute Gasteiger partial charge is 0.329 e.